The average molecular weight is 263 g/mol. The summed E-state index contributed by atoms with van der Waals surface area (Å²) in [5.41, 5.74) is 0.987. The van der Waals surface area contributed by atoms with E-state index in [1.54, 1.807) is 12.1 Å². The Morgan fingerprint density at radius 1 is 1.42 bits per heavy atom. The van der Waals surface area contributed by atoms with E-state index in [0.29, 0.717) is 12.1 Å². The van der Waals surface area contributed by atoms with E-state index in [4.69, 9.17) is 4.74 Å². The van der Waals surface area contributed by atoms with Gasteiger partial charge in [0.1, 0.15) is 17.1 Å². The summed E-state index contributed by atoms with van der Waals surface area (Å²) in [4.78, 5) is 2.49. The molecule has 0 bridgehead atoms. The molecule has 0 amide bonds. The Kier molecular flexibility index (Phi) is 3.77. The van der Waals surface area contributed by atoms with Gasteiger partial charge in [-0.25, -0.2) is 0 Å². The summed E-state index contributed by atoms with van der Waals surface area (Å²) in [7, 11) is 0. The quantitative estimate of drug-likeness (QED) is 0.902. The van der Waals surface area contributed by atoms with Crippen LogP contribution in [0.25, 0.3) is 0 Å². The molecule has 3 heteroatoms. The van der Waals surface area contributed by atoms with Crippen molar-refractivity contribution in [2.24, 2.45) is 0 Å². The van der Waals surface area contributed by atoms with Crippen LogP contribution in [0.1, 0.15) is 52.6 Å². The van der Waals surface area contributed by atoms with Crippen molar-refractivity contribution < 1.29 is 9.84 Å². The van der Waals surface area contributed by atoms with E-state index in [0.717, 1.165) is 18.7 Å². The SMILES string of the molecule is CCN(C(C)C)C1CC(C)(C)Oc2cc(O)ccc21. The minimum atomic E-state index is -0.201. The fourth-order valence-corrected chi connectivity index (χ4v) is 3.04. The van der Waals surface area contributed by atoms with Crippen molar-refractivity contribution in [3.8, 4) is 11.5 Å². The molecular weight excluding hydrogens is 238 g/mol. The zero-order valence-corrected chi connectivity index (χ0v) is 12.6. The van der Waals surface area contributed by atoms with Gasteiger partial charge in [-0.05, 0) is 40.3 Å². The van der Waals surface area contributed by atoms with Gasteiger partial charge in [0.05, 0.1) is 0 Å². The topological polar surface area (TPSA) is 32.7 Å². The molecule has 0 aromatic heterocycles. The molecule has 0 spiro atoms. The Balaban J connectivity index is 2.45. The van der Waals surface area contributed by atoms with Gasteiger partial charge in [0.15, 0.2) is 0 Å². The van der Waals surface area contributed by atoms with Gasteiger partial charge in [-0.2, -0.15) is 0 Å². The van der Waals surface area contributed by atoms with Crippen LogP contribution in [0, 0.1) is 0 Å². The summed E-state index contributed by atoms with van der Waals surface area (Å²) < 4.78 is 6.02. The van der Waals surface area contributed by atoms with Gasteiger partial charge in [0.2, 0.25) is 0 Å². The largest absolute Gasteiger partial charge is 0.508 e. The third kappa shape index (κ3) is 2.86. The van der Waals surface area contributed by atoms with Crippen molar-refractivity contribution in [3.05, 3.63) is 23.8 Å². The average Bonchev–Trinajstić information content (AvgIpc) is 2.26. The van der Waals surface area contributed by atoms with Gasteiger partial charge in [-0.3, -0.25) is 4.90 Å². The van der Waals surface area contributed by atoms with Crippen LogP contribution < -0.4 is 4.74 Å². The maximum atomic E-state index is 9.66. The number of phenols is 1. The third-order valence-corrected chi connectivity index (χ3v) is 3.86. The Bertz CT molecular complexity index is 454. The highest BCUT2D eigenvalue weighted by molar-refractivity contribution is 5.44. The first kappa shape index (κ1) is 14.2. The normalized spacial score (nSPS) is 21.3. The smallest absolute Gasteiger partial charge is 0.128 e. The molecule has 1 aliphatic heterocycles. The molecule has 0 radical (unpaired) electrons. The summed E-state index contributed by atoms with van der Waals surface area (Å²) in [5.74, 6) is 1.09. The second-order valence-electron chi connectivity index (χ2n) is 6.23. The molecular formula is C16H25NO2. The number of nitrogens with zero attached hydrogens (tertiary/aromatic N) is 1. The van der Waals surface area contributed by atoms with Crippen LogP contribution in [0.5, 0.6) is 11.5 Å². The molecule has 1 N–H and O–H groups in total. The third-order valence-electron chi connectivity index (χ3n) is 3.86. The first-order valence-electron chi connectivity index (χ1n) is 7.11. The van der Waals surface area contributed by atoms with Crippen LogP contribution in [-0.2, 0) is 0 Å². The summed E-state index contributed by atoms with van der Waals surface area (Å²) in [6.07, 6.45) is 0.969. The summed E-state index contributed by atoms with van der Waals surface area (Å²) in [6.45, 7) is 11.9. The highest BCUT2D eigenvalue weighted by atomic mass is 16.5. The zero-order valence-electron chi connectivity index (χ0n) is 12.6. The predicted molar refractivity (Wildman–Crippen MR) is 77.7 cm³/mol. The second-order valence-corrected chi connectivity index (χ2v) is 6.23. The molecule has 2 rings (SSSR count). The second kappa shape index (κ2) is 5.04. The van der Waals surface area contributed by atoms with Gasteiger partial charge in [-0.15, -0.1) is 0 Å². The van der Waals surface area contributed by atoms with E-state index in [1.165, 1.54) is 5.56 Å². The van der Waals surface area contributed by atoms with Crippen LogP contribution in [0.4, 0.5) is 0 Å². The molecule has 1 atom stereocenters. The van der Waals surface area contributed by atoms with Crippen molar-refractivity contribution >= 4 is 0 Å². The maximum Gasteiger partial charge on any atom is 0.128 e. The van der Waals surface area contributed by atoms with Crippen molar-refractivity contribution in [2.45, 2.75) is 58.7 Å². The molecule has 3 nitrogen and oxygen atoms in total. The van der Waals surface area contributed by atoms with Gasteiger partial charge in [0, 0.05) is 30.1 Å². The number of hydrogen-bond donors (Lipinski definition) is 1. The number of rotatable bonds is 3. The minimum absolute atomic E-state index is 0.201. The number of fused-ring (bicyclic) bond motifs is 1. The molecule has 106 valence electrons. The molecule has 19 heavy (non-hydrogen) atoms. The first-order valence-corrected chi connectivity index (χ1v) is 7.11. The number of ether oxygens (including phenoxy) is 1. The Hall–Kier alpha value is -1.22. The van der Waals surface area contributed by atoms with Gasteiger partial charge in [-0.1, -0.05) is 13.0 Å². The standard InChI is InChI=1S/C16H25NO2/c1-6-17(11(2)3)14-10-16(4,5)19-15-9-12(18)7-8-13(14)15/h7-9,11,14,18H,6,10H2,1-5H3. The molecule has 1 heterocycles. The molecule has 1 unspecified atom stereocenters. The van der Waals surface area contributed by atoms with E-state index >= 15 is 0 Å². The lowest BCUT2D eigenvalue weighted by molar-refractivity contribution is 0.0213. The summed E-state index contributed by atoms with van der Waals surface area (Å²) in [6, 6.07) is 6.32. The van der Waals surface area contributed by atoms with Crippen LogP contribution in [0.2, 0.25) is 0 Å². The van der Waals surface area contributed by atoms with E-state index in [-0.39, 0.29) is 11.4 Å². The Morgan fingerprint density at radius 3 is 2.68 bits per heavy atom. The molecule has 1 aromatic rings. The van der Waals surface area contributed by atoms with Gasteiger partial charge < -0.3 is 9.84 Å². The highest BCUT2D eigenvalue weighted by Crippen LogP contribution is 2.44. The van der Waals surface area contributed by atoms with E-state index in [1.807, 2.05) is 6.07 Å². The van der Waals surface area contributed by atoms with Gasteiger partial charge >= 0.3 is 0 Å². The van der Waals surface area contributed by atoms with Crippen LogP contribution in [0.15, 0.2) is 18.2 Å². The predicted octanol–water partition coefficient (Wildman–Crippen LogP) is 3.72. The lowest BCUT2D eigenvalue weighted by Crippen LogP contribution is -2.43. The van der Waals surface area contributed by atoms with Crippen molar-refractivity contribution in [3.63, 3.8) is 0 Å². The number of hydrogen-bond acceptors (Lipinski definition) is 3. The fourth-order valence-electron chi connectivity index (χ4n) is 3.04. The maximum absolute atomic E-state index is 9.66. The first-order chi connectivity index (χ1) is 8.84. The van der Waals surface area contributed by atoms with Crippen molar-refractivity contribution in [1.82, 2.24) is 4.90 Å². The van der Waals surface area contributed by atoms with Gasteiger partial charge in [0.25, 0.3) is 0 Å². The summed E-state index contributed by atoms with van der Waals surface area (Å²) in [5, 5.41) is 9.66. The lowest BCUT2D eigenvalue weighted by Gasteiger charge is -2.43. The molecule has 1 aliphatic rings. The van der Waals surface area contributed by atoms with Crippen LogP contribution >= 0.6 is 0 Å². The monoisotopic (exact) mass is 263 g/mol. The highest BCUT2D eigenvalue weighted by Gasteiger charge is 2.37. The number of benzene rings is 1. The molecule has 0 fully saturated rings. The Morgan fingerprint density at radius 2 is 2.11 bits per heavy atom. The molecule has 0 aliphatic carbocycles. The molecule has 1 aromatic carbocycles. The van der Waals surface area contributed by atoms with E-state index in [9.17, 15) is 5.11 Å². The van der Waals surface area contributed by atoms with Crippen LogP contribution in [0.3, 0.4) is 0 Å². The fraction of sp³-hybridized carbons (Fsp3) is 0.625. The molecule has 0 saturated heterocycles. The number of aromatic hydroxyl groups is 1. The van der Waals surface area contributed by atoms with Crippen molar-refractivity contribution in [2.75, 3.05) is 6.54 Å². The molecule has 0 saturated carbocycles. The number of phenolic OH excluding ortho intramolecular Hbond substituents is 1. The van der Waals surface area contributed by atoms with Crippen molar-refractivity contribution in [1.29, 1.82) is 0 Å². The van der Waals surface area contributed by atoms with E-state index < -0.39 is 0 Å². The van der Waals surface area contributed by atoms with Crippen LogP contribution in [-0.4, -0.2) is 28.2 Å². The summed E-state index contributed by atoms with van der Waals surface area (Å²) >= 11 is 0. The minimum Gasteiger partial charge on any atom is -0.508 e. The Labute approximate surface area is 116 Å². The van der Waals surface area contributed by atoms with E-state index in [2.05, 4.69) is 39.5 Å². The lowest BCUT2D eigenvalue weighted by atomic mass is 9.88. The zero-order chi connectivity index (χ0) is 14.2.